The molecule has 182 valence electrons. The van der Waals surface area contributed by atoms with Crippen molar-refractivity contribution >= 4 is 11.6 Å². The Hall–Kier alpha value is -1.96. The third-order valence-corrected chi connectivity index (χ3v) is 7.28. The fraction of sp³-hybridized carbons (Fsp3) is 0.613. The molecule has 2 atom stereocenters. The first-order valence-electron chi connectivity index (χ1n) is 13.2. The highest BCUT2D eigenvalue weighted by Gasteiger charge is 2.28. The van der Waals surface area contributed by atoms with Crippen LogP contribution in [0.1, 0.15) is 126 Å². The average Bonchev–Trinajstić information content (AvgIpc) is 2.77. The zero-order valence-electron chi connectivity index (χ0n) is 22.0. The Kier molecular flexibility index (Phi) is 11.3. The summed E-state index contributed by atoms with van der Waals surface area (Å²) < 4.78 is 0. The summed E-state index contributed by atoms with van der Waals surface area (Å²) in [6.07, 6.45) is 14.4. The summed E-state index contributed by atoms with van der Waals surface area (Å²) in [5.74, 6) is 2.48. The van der Waals surface area contributed by atoms with Crippen molar-refractivity contribution in [1.82, 2.24) is 0 Å². The molecule has 0 spiro atoms. The van der Waals surface area contributed by atoms with Crippen LogP contribution in [0.2, 0.25) is 0 Å². The molecule has 0 aliphatic heterocycles. The number of benzene rings is 1. The van der Waals surface area contributed by atoms with Crippen LogP contribution in [0.25, 0.3) is 0 Å². The molecule has 2 nitrogen and oxygen atoms in total. The van der Waals surface area contributed by atoms with Crippen LogP contribution < -0.4 is 0 Å². The summed E-state index contributed by atoms with van der Waals surface area (Å²) in [5.41, 5.74) is 3.68. The second kappa shape index (κ2) is 13.7. The summed E-state index contributed by atoms with van der Waals surface area (Å²) in [6, 6.07) is 7.18. The molecule has 2 rings (SSSR count). The Morgan fingerprint density at radius 3 is 1.88 bits per heavy atom. The number of carbonyl (C=O) groups is 2. The largest absolute Gasteiger partial charge is 0.289 e. The van der Waals surface area contributed by atoms with Crippen molar-refractivity contribution < 1.29 is 9.59 Å². The highest BCUT2D eigenvalue weighted by Crippen LogP contribution is 2.29. The first-order valence-corrected chi connectivity index (χ1v) is 13.2. The maximum atomic E-state index is 12.9. The molecular formula is C31H46O2. The Balaban J connectivity index is 1.71. The van der Waals surface area contributed by atoms with Gasteiger partial charge in [-0.2, -0.15) is 0 Å². The lowest BCUT2D eigenvalue weighted by Gasteiger charge is -2.18. The molecule has 0 fully saturated rings. The highest BCUT2D eigenvalue weighted by atomic mass is 16.1. The van der Waals surface area contributed by atoms with Crippen molar-refractivity contribution in [2.75, 3.05) is 0 Å². The predicted molar refractivity (Wildman–Crippen MR) is 141 cm³/mol. The molecule has 0 unspecified atom stereocenters. The fourth-order valence-corrected chi connectivity index (χ4v) is 4.88. The highest BCUT2D eigenvalue weighted by molar-refractivity contribution is 6.26. The predicted octanol–water partition coefficient (Wildman–Crippen LogP) is 9.16. The summed E-state index contributed by atoms with van der Waals surface area (Å²) >= 11 is 0. The van der Waals surface area contributed by atoms with Crippen LogP contribution in [0.5, 0.6) is 0 Å². The number of rotatable bonds is 14. The van der Waals surface area contributed by atoms with Gasteiger partial charge in [-0.3, -0.25) is 9.59 Å². The third-order valence-electron chi connectivity index (χ3n) is 7.28. The standard InChI is InChI=1S/C31H46O2/c1-22(2)12-9-13-23(3)14-10-15-24(4)16-11-17-25(5)20-21-27-26(6)30(32)28-18-7-8-19-29(28)31(27)33/h7-8,18-20,22-24H,9-17,21H2,1-6H3/t23-,24-/m0/s1. The van der Waals surface area contributed by atoms with Crippen LogP contribution in [-0.4, -0.2) is 11.6 Å². The zero-order valence-corrected chi connectivity index (χ0v) is 22.0. The van der Waals surface area contributed by atoms with Gasteiger partial charge in [0.05, 0.1) is 0 Å². The van der Waals surface area contributed by atoms with Crippen LogP contribution in [0.15, 0.2) is 47.1 Å². The zero-order chi connectivity index (χ0) is 24.4. The van der Waals surface area contributed by atoms with E-state index in [0.29, 0.717) is 28.7 Å². The van der Waals surface area contributed by atoms with E-state index in [-0.39, 0.29) is 11.6 Å². The number of Topliss-reactive ketones (excluding diaryl/α,β-unsaturated/α-hetero) is 2. The molecule has 2 heteroatoms. The molecular weight excluding hydrogens is 404 g/mol. The van der Waals surface area contributed by atoms with Gasteiger partial charge in [-0.15, -0.1) is 0 Å². The number of hydrogen-bond donors (Lipinski definition) is 0. The van der Waals surface area contributed by atoms with Crippen LogP contribution in [0, 0.1) is 17.8 Å². The smallest absolute Gasteiger partial charge is 0.190 e. The van der Waals surface area contributed by atoms with Crippen molar-refractivity contribution in [3.8, 4) is 0 Å². The maximum Gasteiger partial charge on any atom is 0.190 e. The lowest BCUT2D eigenvalue weighted by molar-refractivity contribution is 0.0973. The number of hydrogen-bond acceptors (Lipinski definition) is 2. The van der Waals surface area contributed by atoms with Gasteiger partial charge in [-0.25, -0.2) is 0 Å². The molecule has 1 aliphatic rings. The fourth-order valence-electron chi connectivity index (χ4n) is 4.88. The molecule has 0 aromatic heterocycles. The van der Waals surface area contributed by atoms with Gasteiger partial charge in [-0.05, 0) is 50.9 Å². The monoisotopic (exact) mass is 450 g/mol. The molecule has 0 bridgehead atoms. The molecule has 0 saturated carbocycles. The van der Waals surface area contributed by atoms with Crippen LogP contribution in [-0.2, 0) is 0 Å². The SMILES string of the molecule is CC(=CCC1=C(C)C(=O)c2ccccc2C1=O)CCC[C@@H](C)CCC[C@@H](C)CCCC(C)C. The van der Waals surface area contributed by atoms with Crippen LogP contribution in [0.4, 0.5) is 0 Å². The second-order valence-electron chi connectivity index (χ2n) is 10.9. The van der Waals surface area contributed by atoms with E-state index in [2.05, 4.69) is 40.7 Å². The lowest BCUT2D eigenvalue weighted by atomic mass is 9.83. The van der Waals surface area contributed by atoms with Gasteiger partial charge in [0.15, 0.2) is 11.6 Å². The third kappa shape index (κ3) is 8.72. The normalized spacial score (nSPS) is 16.4. The Labute approximate surface area is 202 Å². The molecule has 0 radical (unpaired) electrons. The van der Waals surface area contributed by atoms with Crippen LogP contribution >= 0.6 is 0 Å². The van der Waals surface area contributed by atoms with Gasteiger partial charge < -0.3 is 0 Å². The van der Waals surface area contributed by atoms with Gasteiger partial charge in [0.2, 0.25) is 0 Å². The van der Waals surface area contributed by atoms with Gasteiger partial charge in [0.1, 0.15) is 0 Å². The van der Waals surface area contributed by atoms with Gasteiger partial charge in [-0.1, -0.05) is 109 Å². The topological polar surface area (TPSA) is 34.1 Å². The summed E-state index contributed by atoms with van der Waals surface area (Å²) in [6.45, 7) is 13.4. The lowest BCUT2D eigenvalue weighted by Crippen LogP contribution is -2.20. The number of ketones is 2. The van der Waals surface area contributed by atoms with E-state index in [4.69, 9.17) is 0 Å². The van der Waals surface area contributed by atoms with E-state index in [1.165, 1.54) is 56.9 Å². The van der Waals surface area contributed by atoms with E-state index < -0.39 is 0 Å². The van der Waals surface area contributed by atoms with Crippen molar-refractivity contribution in [3.05, 3.63) is 58.2 Å². The molecule has 33 heavy (non-hydrogen) atoms. The Morgan fingerprint density at radius 1 is 0.788 bits per heavy atom. The van der Waals surface area contributed by atoms with E-state index in [1.807, 2.05) is 12.1 Å². The number of allylic oxidation sites excluding steroid dienone is 4. The summed E-state index contributed by atoms with van der Waals surface area (Å²) in [5, 5.41) is 0. The molecule has 1 aliphatic carbocycles. The molecule has 1 aromatic carbocycles. The Morgan fingerprint density at radius 2 is 1.30 bits per heavy atom. The molecule has 0 N–H and O–H groups in total. The van der Waals surface area contributed by atoms with Crippen molar-refractivity contribution in [2.24, 2.45) is 17.8 Å². The number of carbonyl (C=O) groups excluding carboxylic acids is 2. The quantitative estimate of drug-likeness (QED) is 0.265. The van der Waals surface area contributed by atoms with Gasteiger partial charge in [0, 0.05) is 22.3 Å². The van der Waals surface area contributed by atoms with E-state index in [9.17, 15) is 9.59 Å². The van der Waals surface area contributed by atoms with Crippen molar-refractivity contribution in [3.63, 3.8) is 0 Å². The minimum absolute atomic E-state index is 0.00526. The summed E-state index contributed by atoms with van der Waals surface area (Å²) in [4.78, 5) is 25.5. The van der Waals surface area contributed by atoms with Crippen LogP contribution in [0.3, 0.4) is 0 Å². The molecule has 1 aromatic rings. The van der Waals surface area contributed by atoms with Crippen molar-refractivity contribution in [2.45, 2.75) is 106 Å². The first-order chi connectivity index (χ1) is 15.7. The average molecular weight is 451 g/mol. The van der Waals surface area contributed by atoms with Gasteiger partial charge >= 0.3 is 0 Å². The minimum atomic E-state index is -0.00526. The molecule has 0 heterocycles. The van der Waals surface area contributed by atoms with Crippen molar-refractivity contribution in [1.29, 1.82) is 0 Å². The molecule has 0 saturated heterocycles. The second-order valence-corrected chi connectivity index (χ2v) is 10.9. The van der Waals surface area contributed by atoms with E-state index in [0.717, 1.165) is 24.2 Å². The van der Waals surface area contributed by atoms with Gasteiger partial charge in [0.25, 0.3) is 0 Å². The number of fused-ring (bicyclic) bond motifs is 1. The van der Waals surface area contributed by atoms with E-state index in [1.54, 1.807) is 19.1 Å². The summed E-state index contributed by atoms with van der Waals surface area (Å²) in [7, 11) is 0. The molecule has 0 amide bonds. The minimum Gasteiger partial charge on any atom is -0.289 e. The van der Waals surface area contributed by atoms with E-state index >= 15 is 0 Å². The Bertz CT molecular complexity index is 855. The maximum absolute atomic E-state index is 12.9. The first kappa shape index (κ1) is 27.3.